The summed E-state index contributed by atoms with van der Waals surface area (Å²) >= 11 is 0. The van der Waals surface area contributed by atoms with E-state index in [1.807, 2.05) is 0 Å². The van der Waals surface area contributed by atoms with Crippen LogP contribution in [0, 0.1) is 6.92 Å². The van der Waals surface area contributed by atoms with Crippen LogP contribution in [-0.4, -0.2) is 27.9 Å². The van der Waals surface area contributed by atoms with Gasteiger partial charge in [0.1, 0.15) is 6.54 Å². The summed E-state index contributed by atoms with van der Waals surface area (Å²) in [6.07, 6.45) is 8.97. The average molecular weight is 472 g/mol. The third kappa shape index (κ3) is 9.76. The number of rotatable bonds is 8. The number of alkyl halides is 6. The third-order valence-corrected chi connectivity index (χ3v) is 6.19. The largest absolute Gasteiger partial charge is 0.480 e. The smallest absolute Gasteiger partial charge is 0.421 e. The van der Waals surface area contributed by atoms with Crippen LogP contribution in [0.15, 0.2) is 24.4 Å². The number of aromatic nitrogens is 1. The fourth-order valence-corrected chi connectivity index (χ4v) is 3.62. The summed E-state index contributed by atoms with van der Waals surface area (Å²) in [4.78, 5) is 0. The summed E-state index contributed by atoms with van der Waals surface area (Å²) in [5.74, 6) is 0. The maximum Gasteiger partial charge on any atom is 0.480 e. The molecular formula is C15H22F6N2O4S2. The summed E-state index contributed by atoms with van der Waals surface area (Å²) in [7, 11) is -13.4. The highest BCUT2D eigenvalue weighted by Crippen LogP contribution is 2.36. The van der Waals surface area contributed by atoms with Gasteiger partial charge in [-0.3, -0.25) is 0 Å². The average Bonchev–Trinajstić information content (AvgIpc) is 2.54. The van der Waals surface area contributed by atoms with Gasteiger partial charge in [-0.15, -0.1) is 0 Å². The molecule has 0 saturated carbocycles. The van der Waals surface area contributed by atoms with Gasteiger partial charge in [-0.25, -0.2) is 21.4 Å². The minimum absolute atomic E-state index is 0.778. The SMILES string of the molecule is CCCCCCC[n+]1ccccc1C.O=S(=O)([N-]S(=O)(=O)C(F)(F)F)C(F)(F)F. The molecule has 1 heterocycles. The Morgan fingerprint density at radius 3 is 1.76 bits per heavy atom. The van der Waals surface area contributed by atoms with E-state index in [0.717, 1.165) is 4.13 Å². The van der Waals surface area contributed by atoms with Crippen LogP contribution in [0.25, 0.3) is 4.13 Å². The molecule has 0 bridgehead atoms. The molecule has 0 amide bonds. The zero-order chi connectivity index (χ0) is 22.9. The van der Waals surface area contributed by atoms with E-state index in [-0.39, 0.29) is 0 Å². The van der Waals surface area contributed by atoms with E-state index in [9.17, 15) is 43.2 Å². The first-order chi connectivity index (χ1) is 13.0. The van der Waals surface area contributed by atoms with Crippen LogP contribution in [0.5, 0.6) is 0 Å². The van der Waals surface area contributed by atoms with Crippen molar-refractivity contribution in [2.75, 3.05) is 0 Å². The first-order valence-electron chi connectivity index (χ1n) is 8.37. The molecule has 0 aromatic carbocycles. The normalized spacial score (nSPS) is 13.0. The number of aryl methyl sites for hydroxylation is 2. The van der Waals surface area contributed by atoms with Crippen LogP contribution < -0.4 is 4.57 Å². The zero-order valence-corrected chi connectivity index (χ0v) is 17.3. The van der Waals surface area contributed by atoms with Crippen molar-refractivity contribution >= 4 is 20.0 Å². The molecule has 0 unspecified atom stereocenters. The van der Waals surface area contributed by atoms with Gasteiger partial charge in [-0.2, -0.15) is 26.3 Å². The second-order valence-corrected chi connectivity index (χ2v) is 9.29. The van der Waals surface area contributed by atoms with Crippen molar-refractivity contribution in [2.45, 2.75) is 63.5 Å². The molecule has 0 aliphatic carbocycles. The molecule has 6 nitrogen and oxygen atoms in total. The van der Waals surface area contributed by atoms with Gasteiger partial charge >= 0.3 is 11.0 Å². The molecule has 170 valence electrons. The summed E-state index contributed by atoms with van der Waals surface area (Å²) in [6.45, 7) is 5.61. The van der Waals surface area contributed by atoms with Gasteiger partial charge in [0, 0.05) is 25.5 Å². The summed E-state index contributed by atoms with van der Waals surface area (Å²) in [5, 5.41) is 0. The molecule has 1 rings (SSSR count). The summed E-state index contributed by atoms with van der Waals surface area (Å²) in [5.41, 5.74) is -11.0. The molecule has 0 saturated heterocycles. The van der Waals surface area contributed by atoms with Gasteiger partial charge in [0.05, 0.1) is 0 Å². The van der Waals surface area contributed by atoms with Crippen molar-refractivity contribution in [1.29, 1.82) is 0 Å². The van der Waals surface area contributed by atoms with Gasteiger partial charge in [-0.1, -0.05) is 32.3 Å². The van der Waals surface area contributed by atoms with E-state index in [2.05, 4.69) is 42.8 Å². The van der Waals surface area contributed by atoms with Crippen molar-refractivity contribution in [2.24, 2.45) is 0 Å². The van der Waals surface area contributed by atoms with Crippen molar-refractivity contribution in [3.05, 3.63) is 34.2 Å². The number of halogens is 6. The number of nitrogens with zero attached hydrogens (tertiary/aromatic N) is 2. The fraction of sp³-hybridized carbons (Fsp3) is 0.667. The lowest BCUT2D eigenvalue weighted by molar-refractivity contribution is -0.703. The van der Waals surface area contributed by atoms with Crippen molar-refractivity contribution in [1.82, 2.24) is 0 Å². The Morgan fingerprint density at radius 2 is 1.34 bits per heavy atom. The monoisotopic (exact) mass is 472 g/mol. The number of hydrogen-bond donors (Lipinski definition) is 0. The Kier molecular flexibility index (Phi) is 10.6. The molecule has 29 heavy (non-hydrogen) atoms. The van der Waals surface area contributed by atoms with Gasteiger partial charge in [0.15, 0.2) is 31.9 Å². The van der Waals surface area contributed by atoms with Crippen LogP contribution >= 0.6 is 0 Å². The Hall–Kier alpha value is -1.41. The maximum atomic E-state index is 11.4. The van der Waals surface area contributed by atoms with E-state index >= 15 is 0 Å². The highest BCUT2D eigenvalue weighted by Gasteiger charge is 2.46. The predicted molar refractivity (Wildman–Crippen MR) is 93.4 cm³/mol. The number of pyridine rings is 1. The second-order valence-electron chi connectivity index (χ2n) is 5.87. The molecule has 14 heteroatoms. The van der Waals surface area contributed by atoms with E-state index < -0.39 is 31.1 Å². The highest BCUT2D eigenvalue weighted by molar-refractivity contribution is 8.13. The molecule has 0 radical (unpaired) electrons. The highest BCUT2D eigenvalue weighted by atomic mass is 32.3. The van der Waals surface area contributed by atoms with Crippen molar-refractivity contribution in [3.8, 4) is 0 Å². The van der Waals surface area contributed by atoms with E-state index in [1.165, 1.54) is 44.3 Å². The van der Waals surface area contributed by atoms with Crippen LogP contribution in [0.1, 0.15) is 44.7 Å². The summed E-state index contributed by atoms with van der Waals surface area (Å²) in [6, 6.07) is 6.38. The van der Waals surface area contributed by atoms with E-state index in [0.29, 0.717) is 0 Å². The quantitative estimate of drug-likeness (QED) is 0.321. The second kappa shape index (κ2) is 11.1. The van der Waals surface area contributed by atoms with E-state index in [1.54, 1.807) is 0 Å². The van der Waals surface area contributed by atoms with Gasteiger partial charge < -0.3 is 4.13 Å². The molecule has 1 aromatic heterocycles. The first-order valence-corrected chi connectivity index (χ1v) is 11.2. The molecule has 0 aliphatic heterocycles. The molecule has 1 aromatic rings. The van der Waals surface area contributed by atoms with Crippen LogP contribution in [0.3, 0.4) is 0 Å². The van der Waals surface area contributed by atoms with Crippen molar-refractivity contribution in [3.63, 3.8) is 0 Å². The van der Waals surface area contributed by atoms with E-state index in [4.69, 9.17) is 0 Å². The fourth-order valence-electron chi connectivity index (χ4n) is 1.91. The third-order valence-electron chi connectivity index (χ3n) is 3.45. The number of hydrogen-bond acceptors (Lipinski definition) is 4. The lowest BCUT2D eigenvalue weighted by atomic mass is 10.1. The molecule has 0 spiro atoms. The number of sulfonamides is 2. The topological polar surface area (TPSA) is 86.3 Å². The molecule has 0 aliphatic rings. The summed E-state index contributed by atoms with van der Waals surface area (Å²) < 4.78 is 112. The standard InChI is InChI=1S/C13H22N.C2F6NO4S2/c1-3-4-5-6-8-11-14-12-9-7-10-13(14)2;3-1(4,5)14(10,11)9-15(12,13)2(6,7)8/h7,9-10,12H,3-6,8,11H2,1-2H3;/q+1;-1. The first kappa shape index (κ1) is 27.6. The lowest BCUT2D eigenvalue weighted by Crippen LogP contribution is -2.36. The van der Waals surface area contributed by atoms with Crippen LogP contribution in [0.4, 0.5) is 26.3 Å². The minimum Gasteiger partial charge on any atom is -0.421 e. The predicted octanol–water partition coefficient (Wildman–Crippen LogP) is 4.31. The van der Waals surface area contributed by atoms with Gasteiger partial charge in [-0.05, 0) is 6.42 Å². The lowest BCUT2D eigenvalue weighted by Gasteiger charge is -2.22. The van der Waals surface area contributed by atoms with Crippen molar-refractivity contribution < 1.29 is 47.7 Å². The Bertz CT molecular complexity index is 795. The molecule has 0 atom stereocenters. The van der Waals surface area contributed by atoms with Gasteiger partial charge in [0.2, 0.25) is 0 Å². The zero-order valence-electron chi connectivity index (χ0n) is 15.7. The maximum absolute atomic E-state index is 11.4. The Morgan fingerprint density at radius 1 is 0.862 bits per heavy atom. The van der Waals surface area contributed by atoms with Gasteiger partial charge in [0.25, 0.3) is 0 Å². The molecular weight excluding hydrogens is 450 g/mol. The molecule has 0 fully saturated rings. The Labute approximate surface area is 166 Å². The number of unbranched alkanes of at least 4 members (excludes halogenated alkanes) is 4. The molecule has 0 N–H and O–H groups in total. The minimum atomic E-state index is -6.72. The van der Waals surface area contributed by atoms with Crippen LogP contribution in [-0.2, 0) is 26.6 Å². The van der Waals surface area contributed by atoms with Crippen LogP contribution in [0.2, 0.25) is 0 Å². The Balaban J connectivity index is 0.000000541.